The molecule has 0 aliphatic heterocycles. The normalized spacial score (nSPS) is 12.3. The second kappa shape index (κ2) is 13.6. The van der Waals surface area contributed by atoms with Crippen molar-refractivity contribution in [2.24, 2.45) is 10.7 Å². The van der Waals surface area contributed by atoms with Crippen LogP contribution < -0.4 is 5.73 Å². The van der Waals surface area contributed by atoms with E-state index < -0.39 is 0 Å². The van der Waals surface area contributed by atoms with E-state index in [9.17, 15) is 0 Å². The molecule has 0 atom stereocenters. The topological polar surface area (TPSA) is 102 Å². The molecule has 0 unspecified atom stereocenters. The number of para-hydroxylation sites is 3. The summed E-state index contributed by atoms with van der Waals surface area (Å²) in [5, 5.41) is 17.6. The molecule has 0 bridgehead atoms. The number of thiophene rings is 1. The number of fused-ring (bicyclic) bond motifs is 12. The van der Waals surface area contributed by atoms with Crippen LogP contribution in [0.1, 0.15) is 11.1 Å². The first-order valence-electron chi connectivity index (χ1n) is 20.8. The monoisotopic (exact) mass is 827 g/mol. The van der Waals surface area contributed by atoms with Crippen LogP contribution in [0.4, 0.5) is 0 Å². The number of nitrogens with zero attached hydrogens (tertiary/aromatic N) is 1. The minimum atomic E-state index is 0.0615. The number of hydrogen-bond donors (Lipinski definition) is 2. The van der Waals surface area contributed by atoms with E-state index in [1.807, 2.05) is 90.2 Å². The van der Waals surface area contributed by atoms with Gasteiger partial charge in [0.05, 0.1) is 0 Å². The minimum absolute atomic E-state index is 0.0615. The summed E-state index contributed by atoms with van der Waals surface area (Å²) in [6, 6.07) is 62.2. The number of hydrogen-bond acceptors (Lipinski definition) is 5. The highest BCUT2D eigenvalue weighted by molar-refractivity contribution is 7.25. The van der Waals surface area contributed by atoms with E-state index in [1.165, 1.54) is 20.2 Å². The Morgan fingerprint density at radius 2 is 1.10 bits per heavy atom. The molecule has 296 valence electrons. The zero-order valence-electron chi connectivity index (χ0n) is 33.5. The highest BCUT2D eigenvalue weighted by Gasteiger charge is 2.20. The summed E-state index contributed by atoms with van der Waals surface area (Å²) in [6.45, 7) is 0. The van der Waals surface area contributed by atoms with Crippen LogP contribution in [0, 0.1) is 5.41 Å². The molecule has 0 aliphatic rings. The zero-order valence-corrected chi connectivity index (χ0v) is 34.3. The lowest BCUT2D eigenvalue weighted by molar-refractivity contribution is 0.669. The molecule has 13 rings (SSSR count). The molecule has 0 fully saturated rings. The molecule has 3 N–H and O–H groups in total. The van der Waals surface area contributed by atoms with Crippen molar-refractivity contribution in [3.63, 3.8) is 0 Å². The Kier molecular flexibility index (Phi) is 7.68. The van der Waals surface area contributed by atoms with Crippen molar-refractivity contribution in [1.29, 1.82) is 5.41 Å². The quantitative estimate of drug-likeness (QED) is 0.133. The van der Waals surface area contributed by atoms with Crippen LogP contribution in [0.3, 0.4) is 0 Å². The molecule has 0 amide bonds. The molecule has 4 aromatic heterocycles. The van der Waals surface area contributed by atoms with Crippen LogP contribution >= 0.6 is 11.3 Å². The van der Waals surface area contributed by atoms with Gasteiger partial charge in [0.1, 0.15) is 39.3 Å². The number of nitrogens with two attached hydrogens (primary N) is 1. The molecule has 9 aromatic carbocycles. The van der Waals surface area contributed by atoms with E-state index in [4.69, 9.17) is 24.4 Å². The molecule has 7 heteroatoms. The van der Waals surface area contributed by atoms with E-state index in [-0.39, 0.29) is 11.7 Å². The van der Waals surface area contributed by atoms with Gasteiger partial charge in [-0.05, 0) is 82.4 Å². The fourth-order valence-corrected chi connectivity index (χ4v) is 10.5. The molecule has 0 radical (unpaired) electrons. The van der Waals surface area contributed by atoms with Crippen LogP contribution in [-0.2, 0) is 0 Å². The zero-order chi connectivity index (χ0) is 41.8. The van der Waals surface area contributed by atoms with Gasteiger partial charge in [0, 0.05) is 69.2 Å². The van der Waals surface area contributed by atoms with Crippen LogP contribution in [0.2, 0.25) is 0 Å². The van der Waals surface area contributed by atoms with Crippen molar-refractivity contribution in [3.8, 4) is 33.4 Å². The predicted molar refractivity (Wildman–Crippen MR) is 261 cm³/mol. The third-order valence-corrected chi connectivity index (χ3v) is 13.5. The van der Waals surface area contributed by atoms with Gasteiger partial charge in [0.2, 0.25) is 0 Å². The van der Waals surface area contributed by atoms with E-state index in [2.05, 4.69) is 108 Å². The van der Waals surface area contributed by atoms with Gasteiger partial charge in [0.15, 0.2) is 5.84 Å². The number of amidine groups is 2. The average molecular weight is 828 g/mol. The second-order valence-corrected chi connectivity index (χ2v) is 17.1. The van der Waals surface area contributed by atoms with E-state index >= 15 is 0 Å². The van der Waals surface area contributed by atoms with Crippen molar-refractivity contribution in [2.75, 3.05) is 0 Å². The molecule has 0 aliphatic carbocycles. The summed E-state index contributed by atoms with van der Waals surface area (Å²) in [5.74, 6) is 0.294. The largest absolute Gasteiger partial charge is 0.456 e. The summed E-state index contributed by atoms with van der Waals surface area (Å²) in [5.41, 5.74) is 19.2. The number of benzene rings is 9. The van der Waals surface area contributed by atoms with Crippen molar-refractivity contribution in [1.82, 2.24) is 0 Å². The lowest BCUT2D eigenvalue weighted by atomic mass is 9.93. The summed E-state index contributed by atoms with van der Waals surface area (Å²) < 4.78 is 21.8. The molecule has 6 nitrogen and oxygen atoms in total. The highest BCUT2D eigenvalue weighted by Crippen LogP contribution is 2.44. The summed E-state index contributed by atoms with van der Waals surface area (Å²) in [7, 11) is 0. The molecular formula is C56H33N3O3S. The Labute approximate surface area is 363 Å². The van der Waals surface area contributed by atoms with Gasteiger partial charge >= 0.3 is 0 Å². The number of nitrogens with one attached hydrogen (secondary N) is 1. The maximum absolute atomic E-state index is 9.04. The first-order chi connectivity index (χ1) is 31.0. The van der Waals surface area contributed by atoms with E-state index in [0.717, 1.165) is 93.6 Å². The van der Waals surface area contributed by atoms with Gasteiger partial charge in [-0.25, -0.2) is 4.99 Å². The van der Waals surface area contributed by atoms with Crippen LogP contribution in [0.25, 0.3) is 119 Å². The Hall–Kier alpha value is -8.26. The molecule has 0 spiro atoms. The Morgan fingerprint density at radius 1 is 0.429 bits per heavy atom. The van der Waals surface area contributed by atoms with E-state index in [1.54, 1.807) is 0 Å². The predicted octanol–water partition coefficient (Wildman–Crippen LogP) is 15.5. The first kappa shape index (κ1) is 35.5. The molecular weight excluding hydrogens is 795 g/mol. The standard InChI is InChI=1S/C56H33N3O3S/c57-55(32-21-19-31(20-22-32)36-12-7-13-40-37-9-1-4-15-45(37)62-54(36)40)59-56(58)42-14-8-17-48-53(42)44-27-34(24-26-47(44)60-48)43-28-35(29-49-52(43)41-11-2-5-16-46(41)61-49)33-23-25-39-38-10-3-6-18-50(38)63-51(39)30-33/h1-30H,(H3,57,58,59). The SMILES string of the molecule is N=C(N=C(N)c1cccc2oc3ccc(-c4cc(-c5ccc6c(c5)sc5ccccc56)cc5oc6ccccc6c45)cc3c12)c1ccc(-c2cccc3c2oc2ccccc23)cc1. The average Bonchev–Trinajstić information content (AvgIpc) is 4.10. The Balaban J connectivity index is 0.898. The maximum atomic E-state index is 9.04. The van der Waals surface area contributed by atoms with Gasteiger partial charge in [0.25, 0.3) is 0 Å². The number of rotatable bonds is 5. The van der Waals surface area contributed by atoms with Crippen LogP contribution in [0.15, 0.2) is 200 Å². The molecule has 0 saturated heterocycles. The number of aliphatic imine (C=N–C) groups is 1. The fourth-order valence-electron chi connectivity index (χ4n) is 9.39. The van der Waals surface area contributed by atoms with Gasteiger partial charge in [-0.15, -0.1) is 11.3 Å². The lowest BCUT2D eigenvalue weighted by Gasteiger charge is -2.10. The maximum Gasteiger partial charge on any atom is 0.154 e. The van der Waals surface area contributed by atoms with Gasteiger partial charge in [-0.2, -0.15) is 0 Å². The summed E-state index contributed by atoms with van der Waals surface area (Å²) in [4.78, 5) is 4.67. The summed E-state index contributed by atoms with van der Waals surface area (Å²) in [6.07, 6.45) is 0. The lowest BCUT2D eigenvalue weighted by Crippen LogP contribution is -2.16. The molecule has 13 aromatic rings. The Morgan fingerprint density at radius 3 is 1.97 bits per heavy atom. The van der Waals surface area contributed by atoms with Gasteiger partial charge in [-0.1, -0.05) is 127 Å². The molecule has 63 heavy (non-hydrogen) atoms. The molecule has 0 saturated carbocycles. The fraction of sp³-hybridized carbons (Fsp3) is 0. The van der Waals surface area contributed by atoms with Crippen molar-refractivity contribution in [2.45, 2.75) is 0 Å². The van der Waals surface area contributed by atoms with Crippen molar-refractivity contribution in [3.05, 3.63) is 193 Å². The summed E-state index contributed by atoms with van der Waals surface area (Å²) >= 11 is 1.82. The highest BCUT2D eigenvalue weighted by atomic mass is 32.1. The van der Waals surface area contributed by atoms with Crippen LogP contribution in [-0.4, -0.2) is 11.7 Å². The van der Waals surface area contributed by atoms with Crippen LogP contribution in [0.5, 0.6) is 0 Å². The number of furan rings is 3. The minimum Gasteiger partial charge on any atom is -0.456 e. The van der Waals surface area contributed by atoms with Gasteiger partial charge in [-0.3, -0.25) is 5.41 Å². The molecule has 4 heterocycles. The first-order valence-corrected chi connectivity index (χ1v) is 21.6. The smallest absolute Gasteiger partial charge is 0.154 e. The van der Waals surface area contributed by atoms with Crippen molar-refractivity contribution < 1.29 is 13.3 Å². The van der Waals surface area contributed by atoms with Crippen molar-refractivity contribution >= 4 is 109 Å². The third-order valence-electron chi connectivity index (χ3n) is 12.4. The second-order valence-electron chi connectivity index (χ2n) is 16.0. The van der Waals surface area contributed by atoms with Gasteiger partial charge < -0.3 is 19.0 Å². The Bertz CT molecular complexity index is 4070. The third kappa shape index (κ3) is 5.57. The van der Waals surface area contributed by atoms with E-state index in [0.29, 0.717) is 16.7 Å².